The number of hydrogen-bond acceptors (Lipinski definition) is 5. The van der Waals surface area contributed by atoms with Crippen LogP contribution in [0.2, 0.25) is 0 Å². The van der Waals surface area contributed by atoms with Gasteiger partial charge in [-0.2, -0.15) is 0 Å². The fraction of sp³-hybridized carbons (Fsp3) is 0.318. The van der Waals surface area contributed by atoms with Gasteiger partial charge in [-0.1, -0.05) is 41.9 Å². The highest BCUT2D eigenvalue weighted by molar-refractivity contribution is 8.00. The number of thioether (sulfide) groups is 1. The van der Waals surface area contributed by atoms with Crippen LogP contribution in [0.1, 0.15) is 31.2 Å². The van der Waals surface area contributed by atoms with E-state index in [0.29, 0.717) is 12.2 Å². The van der Waals surface area contributed by atoms with Gasteiger partial charge in [-0.3, -0.25) is 9.36 Å². The van der Waals surface area contributed by atoms with Gasteiger partial charge in [-0.15, -0.1) is 10.2 Å². The predicted octanol–water partition coefficient (Wildman–Crippen LogP) is 4.86. The molecule has 3 aromatic rings. The molecule has 0 spiro atoms. The van der Waals surface area contributed by atoms with Crippen molar-refractivity contribution < 1.29 is 9.53 Å². The topological polar surface area (TPSA) is 57.0 Å². The van der Waals surface area contributed by atoms with Crippen molar-refractivity contribution in [3.05, 3.63) is 54.1 Å². The van der Waals surface area contributed by atoms with Crippen molar-refractivity contribution in [3.8, 4) is 22.8 Å². The molecule has 1 unspecified atom stereocenters. The summed E-state index contributed by atoms with van der Waals surface area (Å²) in [7, 11) is 1.65. The molecule has 1 saturated carbocycles. The Labute approximate surface area is 169 Å². The molecule has 0 bridgehead atoms. The van der Waals surface area contributed by atoms with E-state index >= 15 is 0 Å². The van der Waals surface area contributed by atoms with Crippen LogP contribution in [-0.4, -0.2) is 32.9 Å². The van der Waals surface area contributed by atoms with Gasteiger partial charge in [0.05, 0.1) is 12.4 Å². The average Bonchev–Trinajstić information content (AvgIpc) is 3.13. The Morgan fingerprint density at radius 1 is 1.11 bits per heavy atom. The summed E-state index contributed by atoms with van der Waals surface area (Å²) in [6, 6.07) is 16.1. The number of aryl methyl sites for hydroxylation is 1. The molecule has 0 aliphatic heterocycles. The largest absolute Gasteiger partial charge is 0.497 e. The average molecular weight is 394 g/mol. The molecule has 1 atom stereocenters. The molecule has 0 saturated heterocycles. The van der Waals surface area contributed by atoms with Gasteiger partial charge in [0.15, 0.2) is 11.0 Å². The van der Waals surface area contributed by atoms with E-state index in [1.807, 2.05) is 41.0 Å². The van der Waals surface area contributed by atoms with Crippen molar-refractivity contribution in [2.45, 2.75) is 43.0 Å². The number of Topliss-reactive ketones (excluding diaryl/α,β-unsaturated/α-hetero) is 1. The van der Waals surface area contributed by atoms with E-state index in [1.165, 1.54) is 17.3 Å². The maximum Gasteiger partial charge on any atom is 0.196 e. The minimum absolute atomic E-state index is 0.0414. The van der Waals surface area contributed by atoms with Gasteiger partial charge in [0.25, 0.3) is 0 Å². The quantitative estimate of drug-likeness (QED) is 0.620. The van der Waals surface area contributed by atoms with Crippen molar-refractivity contribution in [1.82, 2.24) is 14.8 Å². The summed E-state index contributed by atoms with van der Waals surface area (Å²) >= 11 is 1.53. The molecular weight excluding hydrogens is 370 g/mol. The summed E-state index contributed by atoms with van der Waals surface area (Å²) in [5.41, 5.74) is 3.12. The van der Waals surface area contributed by atoms with E-state index in [0.717, 1.165) is 47.2 Å². The summed E-state index contributed by atoms with van der Waals surface area (Å²) in [6.45, 7) is 2.06. The Morgan fingerprint density at radius 3 is 2.64 bits per heavy atom. The minimum atomic E-state index is -0.0414. The Kier molecular flexibility index (Phi) is 5.48. The van der Waals surface area contributed by atoms with Gasteiger partial charge in [0.1, 0.15) is 11.5 Å². The third kappa shape index (κ3) is 3.83. The maximum atomic E-state index is 12.4. The van der Waals surface area contributed by atoms with Crippen LogP contribution in [0.5, 0.6) is 5.75 Å². The molecular formula is C22H23N3O2S. The second kappa shape index (κ2) is 8.19. The third-order valence-corrected chi connectivity index (χ3v) is 6.24. The van der Waals surface area contributed by atoms with E-state index in [9.17, 15) is 4.79 Å². The molecule has 28 heavy (non-hydrogen) atoms. The molecule has 1 aromatic heterocycles. The zero-order valence-corrected chi connectivity index (χ0v) is 16.9. The molecule has 1 fully saturated rings. The van der Waals surface area contributed by atoms with E-state index in [1.54, 1.807) is 7.11 Å². The number of rotatable bonds is 5. The fourth-order valence-corrected chi connectivity index (χ4v) is 4.66. The van der Waals surface area contributed by atoms with Gasteiger partial charge >= 0.3 is 0 Å². The molecule has 0 N–H and O–H groups in total. The van der Waals surface area contributed by atoms with Gasteiger partial charge < -0.3 is 4.74 Å². The lowest BCUT2D eigenvalue weighted by atomic mass is 9.99. The van der Waals surface area contributed by atoms with Crippen molar-refractivity contribution in [1.29, 1.82) is 0 Å². The first-order valence-electron chi connectivity index (χ1n) is 9.52. The summed E-state index contributed by atoms with van der Waals surface area (Å²) in [5.74, 6) is 1.89. The van der Waals surface area contributed by atoms with Gasteiger partial charge in [0.2, 0.25) is 0 Å². The molecule has 2 aromatic carbocycles. The number of nitrogens with zero attached hydrogens (tertiary/aromatic N) is 3. The van der Waals surface area contributed by atoms with E-state index in [2.05, 4.69) is 29.3 Å². The summed E-state index contributed by atoms with van der Waals surface area (Å²) in [5, 5.41) is 9.66. The Morgan fingerprint density at radius 2 is 1.93 bits per heavy atom. The van der Waals surface area contributed by atoms with Crippen LogP contribution in [0.3, 0.4) is 0 Å². The van der Waals surface area contributed by atoms with E-state index in [4.69, 9.17) is 4.74 Å². The smallest absolute Gasteiger partial charge is 0.196 e. The van der Waals surface area contributed by atoms with Gasteiger partial charge in [-0.25, -0.2) is 0 Å². The molecule has 5 nitrogen and oxygen atoms in total. The Balaban J connectivity index is 1.78. The second-order valence-electron chi connectivity index (χ2n) is 7.03. The molecule has 1 heterocycles. The fourth-order valence-electron chi connectivity index (χ4n) is 3.48. The molecule has 6 heteroatoms. The van der Waals surface area contributed by atoms with E-state index in [-0.39, 0.29) is 5.25 Å². The zero-order chi connectivity index (χ0) is 19.5. The second-order valence-corrected chi connectivity index (χ2v) is 8.20. The number of hydrogen-bond donors (Lipinski definition) is 0. The third-order valence-electron chi connectivity index (χ3n) is 4.99. The normalized spacial score (nSPS) is 16.9. The first-order valence-corrected chi connectivity index (χ1v) is 10.4. The number of benzene rings is 2. The highest BCUT2D eigenvalue weighted by atomic mass is 32.2. The summed E-state index contributed by atoms with van der Waals surface area (Å²) in [4.78, 5) is 12.4. The first kappa shape index (κ1) is 18.7. The van der Waals surface area contributed by atoms with Crippen LogP contribution in [0.4, 0.5) is 0 Å². The van der Waals surface area contributed by atoms with Crippen LogP contribution in [0.25, 0.3) is 17.1 Å². The van der Waals surface area contributed by atoms with Crippen LogP contribution in [0, 0.1) is 6.92 Å². The lowest BCUT2D eigenvalue weighted by molar-refractivity contribution is -0.119. The molecule has 0 radical (unpaired) electrons. The van der Waals surface area contributed by atoms with Crippen LogP contribution >= 0.6 is 11.8 Å². The van der Waals surface area contributed by atoms with Gasteiger partial charge in [0, 0.05) is 17.7 Å². The first-order chi connectivity index (χ1) is 13.7. The lowest BCUT2D eigenvalue weighted by Gasteiger charge is -2.20. The Bertz CT molecular complexity index is 982. The van der Waals surface area contributed by atoms with Crippen LogP contribution in [-0.2, 0) is 4.79 Å². The maximum absolute atomic E-state index is 12.4. The molecule has 4 rings (SSSR count). The molecule has 1 aliphatic carbocycles. The number of ether oxygens (including phenoxy) is 1. The Hall–Kier alpha value is -2.60. The molecule has 1 aliphatic rings. The number of methoxy groups -OCH3 is 1. The lowest BCUT2D eigenvalue weighted by Crippen LogP contribution is -2.21. The molecule has 0 amide bonds. The highest BCUT2D eigenvalue weighted by Crippen LogP contribution is 2.35. The van der Waals surface area contributed by atoms with Gasteiger partial charge in [-0.05, 0) is 50.1 Å². The van der Waals surface area contributed by atoms with Crippen molar-refractivity contribution in [2.75, 3.05) is 7.11 Å². The summed E-state index contributed by atoms with van der Waals surface area (Å²) in [6.07, 6.45) is 3.65. The number of carbonyl (C=O) groups is 1. The predicted molar refractivity (Wildman–Crippen MR) is 111 cm³/mol. The SMILES string of the molecule is COc1ccc(-n2c(SC3CCCCC3=O)nnc2-c2cccc(C)c2)cc1. The van der Waals surface area contributed by atoms with Crippen LogP contribution in [0.15, 0.2) is 53.7 Å². The van der Waals surface area contributed by atoms with Crippen molar-refractivity contribution in [2.24, 2.45) is 0 Å². The number of carbonyl (C=O) groups excluding carboxylic acids is 1. The standard InChI is InChI=1S/C22H23N3O2S/c1-15-6-5-7-16(14-15)21-23-24-22(28-20-9-4-3-8-19(20)26)25(21)17-10-12-18(27-2)13-11-17/h5-7,10-14,20H,3-4,8-9H2,1-2H3. The van der Waals surface area contributed by atoms with Crippen molar-refractivity contribution >= 4 is 17.5 Å². The van der Waals surface area contributed by atoms with E-state index < -0.39 is 0 Å². The number of aromatic nitrogens is 3. The van der Waals surface area contributed by atoms with Crippen molar-refractivity contribution in [3.63, 3.8) is 0 Å². The summed E-state index contributed by atoms with van der Waals surface area (Å²) < 4.78 is 7.34. The zero-order valence-electron chi connectivity index (χ0n) is 16.1. The minimum Gasteiger partial charge on any atom is -0.497 e. The monoisotopic (exact) mass is 393 g/mol. The highest BCUT2D eigenvalue weighted by Gasteiger charge is 2.27. The van der Waals surface area contributed by atoms with Crippen LogP contribution < -0.4 is 4.74 Å². The number of ketones is 1. The molecule has 144 valence electrons.